The van der Waals surface area contributed by atoms with E-state index in [-0.39, 0.29) is 5.91 Å². The van der Waals surface area contributed by atoms with Crippen LogP contribution in [0.1, 0.15) is 17.3 Å². The van der Waals surface area contributed by atoms with Crippen LogP contribution in [0.3, 0.4) is 0 Å². The molecule has 0 saturated heterocycles. The normalized spacial score (nSPS) is 10.2. The molecule has 132 valence electrons. The van der Waals surface area contributed by atoms with E-state index in [1.165, 1.54) is 12.4 Å². The maximum Gasteiger partial charge on any atom is 0.258 e. The lowest BCUT2D eigenvalue weighted by molar-refractivity contribution is 0.102. The molecule has 0 fully saturated rings. The summed E-state index contributed by atoms with van der Waals surface area (Å²) in [5.74, 6) is 0.770. The molecule has 7 heteroatoms. The third-order valence-corrected chi connectivity index (χ3v) is 3.66. The molecular weight excluding hydrogens is 352 g/mol. The van der Waals surface area contributed by atoms with E-state index in [1.807, 2.05) is 31.2 Å². The van der Waals surface area contributed by atoms with Gasteiger partial charge in [-0.3, -0.25) is 4.79 Å². The average Bonchev–Trinajstić information content (AvgIpc) is 2.64. The monoisotopic (exact) mass is 368 g/mol. The number of ether oxygens (including phenoxy) is 1. The molecule has 0 unspecified atom stereocenters. The van der Waals surface area contributed by atoms with Crippen molar-refractivity contribution in [3.8, 4) is 5.75 Å². The Balaban J connectivity index is 1.69. The van der Waals surface area contributed by atoms with Gasteiger partial charge in [0.1, 0.15) is 5.75 Å². The smallest absolute Gasteiger partial charge is 0.258 e. The van der Waals surface area contributed by atoms with Crippen LogP contribution in [0, 0.1) is 0 Å². The van der Waals surface area contributed by atoms with Gasteiger partial charge < -0.3 is 15.4 Å². The molecule has 3 aromatic rings. The van der Waals surface area contributed by atoms with Crippen molar-refractivity contribution in [2.24, 2.45) is 0 Å². The first-order valence-electron chi connectivity index (χ1n) is 8.03. The number of nitrogens with zero attached hydrogens (tertiary/aromatic N) is 2. The first kappa shape index (κ1) is 17.7. The van der Waals surface area contributed by atoms with Crippen molar-refractivity contribution >= 4 is 34.8 Å². The average molecular weight is 369 g/mol. The second-order valence-electron chi connectivity index (χ2n) is 5.31. The third-order valence-electron chi connectivity index (χ3n) is 3.43. The van der Waals surface area contributed by atoms with Crippen molar-refractivity contribution < 1.29 is 9.53 Å². The molecule has 1 aromatic heterocycles. The highest BCUT2D eigenvalue weighted by Crippen LogP contribution is 2.26. The summed E-state index contributed by atoms with van der Waals surface area (Å²) in [6.45, 7) is 2.47. The topological polar surface area (TPSA) is 76.1 Å². The van der Waals surface area contributed by atoms with Crippen LogP contribution >= 0.6 is 11.6 Å². The van der Waals surface area contributed by atoms with Gasteiger partial charge in [0.15, 0.2) is 0 Å². The van der Waals surface area contributed by atoms with Crippen LogP contribution in [-0.4, -0.2) is 22.5 Å². The van der Waals surface area contributed by atoms with E-state index >= 15 is 0 Å². The Labute approximate surface area is 156 Å². The Kier molecular flexibility index (Phi) is 5.66. The zero-order valence-electron chi connectivity index (χ0n) is 14.1. The minimum absolute atomic E-state index is 0.312. The highest BCUT2D eigenvalue weighted by atomic mass is 35.5. The molecule has 6 nitrogen and oxygen atoms in total. The summed E-state index contributed by atoms with van der Waals surface area (Å²) in [7, 11) is 0. The fourth-order valence-corrected chi connectivity index (χ4v) is 2.44. The molecule has 26 heavy (non-hydrogen) atoms. The lowest BCUT2D eigenvalue weighted by Crippen LogP contribution is -2.13. The minimum Gasteiger partial charge on any atom is -0.492 e. The number of carbonyl (C=O) groups is 1. The van der Waals surface area contributed by atoms with Gasteiger partial charge in [0.2, 0.25) is 5.95 Å². The molecule has 0 aliphatic rings. The molecule has 0 aliphatic carbocycles. The van der Waals surface area contributed by atoms with Crippen molar-refractivity contribution in [2.45, 2.75) is 6.92 Å². The van der Waals surface area contributed by atoms with Crippen molar-refractivity contribution in [2.75, 3.05) is 17.2 Å². The van der Waals surface area contributed by atoms with Crippen LogP contribution in [-0.2, 0) is 0 Å². The predicted molar refractivity (Wildman–Crippen MR) is 102 cm³/mol. The summed E-state index contributed by atoms with van der Waals surface area (Å²) in [5, 5.41) is 6.38. The van der Waals surface area contributed by atoms with Crippen molar-refractivity contribution in [3.63, 3.8) is 0 Å². The molecule has 3 rings (SSSR count). The highest BCUT2D eigenvalue weighted by molar-refractivity contribution is 6.30. The lowest BCUT2D eigenvalue weighted by atomic mass is 10.2. The quantitative estimate of drug-likeness (QED) is 0.668. The number of aromatic nitrogens is 2. The highest BCUT2D eigenvalue weighted by Gasteiger charge is 2.09. The Bertz CT molecular complexity index is 900. The zero-order valence-corrected chi connectivity index (χ0v) is 14.8. The number of carbonyl (C=O) groups excluding carboxylic acids is 1. The predicted octanol–water partition coefficient (Wildman–Crippen LogP) is 4.52. The van der Waals surface area contributed by atoms with Crippen molar-refractivity contribution in [3.05, 3.63) is 71.5 Å². The Morgan fingerprint density at radius 1 is 1.12 bits per heavy atom. The van der Waals surface area contributed by atoms with Crippen LogP contribution in [0.4, 0.5) is 17.3 Å². The first-order valence-corrected chi connectivity index (χ1v) is 8.41. The number of hydrogen-bond acceptors (Lipinski definition) is 5. The minimum atomic E-state index is -0.312. The van der Waals surface area contributed by atoms with Crippen LogP contribution in [0.5, 0.6) is 5.75 Å². The number of nitrogens with one attached hydrogen (secondary N) is 2. The molecule has 0 aliphatic heterocycles. The summed E-state index contributed by atoms with van der Waals surface area (Å²) < 4.78 is 5.55. The summed E-state index contributed by atoms with van der Waals surface area (Å²) in [5.41, 5.74) is 1.70. The van der Waals surface area contributed by atoms with Gasteiger partial charge in [0.05, 0.1) is 17.9 Å². The molecule has 2 aromatic carbocycles. The molecule has 1 heterocycles. The van der Waals surface area contributed by atoms with Gasteiger partial charge in [-0.25, -0.2) is 9.97 Å². The molecule has 0 spiro atoms. The second-order valence-corrected chi connectivity index (χ2v) is 5.75. The summed E-state index contributed by atoms with van der Waals surface area (Å²) in [6, 6.07) is 14.4. The Morgan fingerprint density at radius 3 is 2.62 bits per heavy atom. The molecular formula is C19H17ClN4O2. The molecule has 1 amide bonds. The Hall–Kier alpha value is -3.12. The van der Waals surface area contributed by atoms with E-state index in [1.54, 1.807) is 24.3 Å². The number of amides is 1. The number of benzene rings is 2. The van der Waals surface area contributed by atoms with E-state index in [0.717, 1.165) is 5.69 Å². The maximum absolute atomic E-state index is 12.3. The van der Waals surface area contributed by atoms with Gasteiger partial charge in [0.25, 0.3) is 5.91 Å². The number of anilines is 3. The largest absolute Gasteiger partial charge is 0.492 e. The van der Waals surface area contributed by atoms with E-state index in [2.05, 4.69) is 20.6 Å². The molecule has 2 N–H and O–H groups in total. The van der Waals surface area contributed by atoms with E-state index in [0.29, 0.717) is 34.6 Å². The number of hydrogen-bond donors (Lipinski definition) is 2. The SMILES string of the molecule is CCOc1ccccc1Nc1ncc(C(=O)Nc2cccc(Cl)c2)cn1. The number of halogens is 1. The van der Waals surface area contributed by atoms with Gasteiger partial charge in [-0.15, -0.1) is 0 Å². The van der Waals surface area contributed by atoms with Crippen LogP contribution in [0.25, 0.3) is 0 Å². The lowest BCUT2D eigenvalue weighted by Gasteiger charge is -2.11. The van der Waals surface area contributed by atoms with E-state index in [9.17, 15) is 4.79 Å². The summed E-state index contributed by atoms with van der Waals surface area (Å²) in [6.07, 6.45) is 2.91. The van der Waals surface area contributed by atoms with Gasteiger partial charge in [-0.2, -0.15) is 0 Å². The standard InChI is InChI=1S/C19H17ClN4O2/c1-2-26-17-9-4-3-8-16(17)24-19-21-11-13(12-22-19)18(25)23-15-7-5-6-14(20)10-15/h3-12H,2H2,1H3,(H,23,25)(H,21,22,24). The van der Waals surface area contributed by atoms with E-state index in [4.69, 9.17) is 16.3 Å². The van der Waals surface area contributed by atoms with Crippen LogP contribution in [0.2, 0.25) is 5.02 Å². The van der Waals surface area contributed by atoms with Crippen LogP contribution in [0.15, 0.2) is 60.9 Å². The maximum atomic E-state index is 12.3. The van der Waals surface area contributed by atoms with E-state index < -0.39 is 0 Å². The van der Waals surface area contributed by atoms with Gasteiger partial charge in [-0.1, -0.05) is 29.8 Å². The summed E-state index contributed by atoms with van der Waals surface area (Å²) >= 11 is 5.91. The zero-order chi connectivity index (χ0) is 18.4. The first-order chi connectivity index (χ1) is 12.7. The molecule has 0 saturated carbocycles. The third kappa shape index (κ3) is 4.49. The Morgan fingerprint density at radius 2 is 1.88 bits per heavy atom. The van der Waals surface area contributed by atoms with Gasteiger partial charge in [0, 0.05) is 23.1 Å². The molecule has 0 radical (unpaired) electrons. The van der Waals surface area contributed by atoms with Crippen LogP contribution < -0.4 is 15.4 Å². The number of para-hydroxylation sites is 2. The fourth-order valence-electron chi connectivity index (χ4n) is 2.25. The number of rotatable bonds is 6. The van der Waals surface area contributed by atoms with Crippen molar-refractivity contribution in [1.29, 1.82) is 0 Å². The summed E-state index contributed by atoms with van der Waals surface area (Å²) in [4.78, 5) is 20.6. The van der Waals surface area contributed by atoms with Crippen molar-refractivity contribution in [1.82, 2.24) is 9.97 Å². The fraction of sp³-hybridized carbons (Fsp3) is 0.105. The molecule has 0 atom stereocenters. The molecule has 0 bridgehead atoms. The van der Waals surface area contributed by atoms with Gasteiger partial charge in [-0.05, 0) is 37.3 Å². The second kappa shape index (κ2) is 8.31. The van der Waals surface area contributed by atoms with Gasteiger partial charge >= 0.3 is 0 Å².